The molecule has 4 heteroatoms. The second kappa shape index (κ2) is 3.97. The third-order valence-electron chi connectivity index (χ3n) is 5.22. The predicted molar refractivity (Wildman–Crippen MR) is 65.9 cm³/mol. The molecule has 0 bridgehead atoms. The van der Waals surface area contributed by atoms with Gasteiger partial charge in [-0.2, -0.15) is 0 Å². The molecule has 3 rings (SSSR count). The summed E-state index contributed by atoms with van der Waals surface area (Å²) in [5, 5.41) is 9.27. The van der Waals surface area contributed by atoms with Crippen molar-refractivity contribution in [2.45, 2.75) is 39.0 Å². The van der Waals surface area contributed by atoms with Gasteiger partial charge in [-0.25, -0.2) is 0 Å². The number of likely N-dealkylation sites (tertiary alicyclic amines) is 1. The van der Waals surface area contributed by atoms with E-state index in [-0.39, 0.29) is 11.8 Å². The van der Waals surface area contributed by atoms with E-state index < -0.39 is 11.4 Å². The fraction of sp³-hybridized carbons (Fsp3) is 0.857. The Kier molecular flexibility index (Phi) is 2.65. The summed E-state index contributed by atoms with van der Waals surface area (Å²) in [5.74, 6) is 0.939. The van der Waals surface area contributed by atoms with Gasteiger partial charge >= 0.3 is 5.97 Å². The summed E-state index contributed by atoms with van der Waals surface area (Å²) in [6, 6.07) is 0. The lowest BCUT2D eigenvalue weighted by Gasteiger charge is -2.37. The first-order valence-corrected chi connectivity index (χ1v) is 7.05. The molecule has 3 unspecified atom stereocenters. The molecule has 0 aromatic carbocycles. The first kappa shape index (κ1) is 12.0. The van der Waals surface area contributed by atoms with Crippen LogP contribution in [0.15, 0.2) is 0 Å². The van der Waals surface area contributed by atoms with Crippen LogP contribution in [0.2, 0.25) is 0 Å². The highest BCUT2D eigenvalue weighted by Crippen LogP contribution is 2.58. The molecule has 3 aliphatic rings. The molecule has 1 aliphatic heterocycles. The van der Waals surface area contributed by atoms with E-state index in [4.69, 9.17) is 0 Å². The molecule has 18 heavy (non-hydrogen) atoms. The molecule has 2 aliphatic carbocycles. The van der Waals surface area contributed by atoms with Crippen LogP contribution in [0.1, 0.15) is 39.0 Å². The Labute approximate surface area is 107 Å². The van der Waals surface area contributed by atoms with Crippen LogP contribution in [0.25, 0.3) is 0 Å². The minimum Gasteiger partial charge on any atom is -0.481 e. The quantitative estimate of drug-likeness (QED) is 0.813. The van der Waals surface area contributed by atoms with Crippen LogP contribution < -0.4 is 0 Å². The smallest absolute Gasteiger partial charge is 0.311 e. The van der Waals surface area contributed by atoms with Crippen LogP contribution >= 0.6 is 0 Å². The summed E-state index contributed by atoms with van der Waals surface area (Å²) in [7, 11) is 0. The van der Waals surface area contributed by atoms with Crippen molar-refractivity contribution in [1.82, 2.24) is 4.90 Å². The Morgan fingerprint density at radius 2 is 1.89 bits per heavy atom. The minimum atomic E-state index is -0.768. The van der Waals surface area contributed by atoms with E-state index in [1.54, 1.807) is 6.92 Å². The monoisotopic (exact) mass is 251 g/mol. The first-order valence-electron chi connectivity index (χ1n) is 7.05. The van der Waals surface area contributed by atoms with Gasteiger partial charge in [0, 0.05) is 19.0 Å². The number of rotatable bonds is 2. The van der Waals surface area contributed by atoms with E-state index in [0.717, 1.165) is 13.0 Å². The number of carbonyl (C=O) groups is 2. The molecule has 0 aromatic rings. The Hall–Kier alpha value is -1.06. The van der Waals surface area contributed by atoms with E-state index in [0.29, 0.717) is 24.8 Å². The molecule has 1 heterocycles. The van der Waals surface area contributed by atoms with Gasteiger partial charge in [0.05, 0.1) is 5.41 Å². The molecule has 1 amide bonds. The third-order valence-corrected chi connectivity index (χ3v) is 5.22. The van der Waals surface area contributed by atoms with Crippen LogP contribution in [0, 0.1) is 23.2 Å². The van der Waals surface area contributed by atoms with Crippen molar-refractivity contribution in [2.24, 2.45) is 23.2 Å². The second-order valence-electron chi connectivity index (χ2n) is 6.51. The lowest BCUT2D eigenvalue weighted by molar-refractivity contribution is -0.154. The van der Waals surface area contributed by atoms with Gasteiger partial charge in [0.15, 0.2) is 0 Å². The topological polar surface area (TPSA) is 57.6 Å². The molecule has 100 valence electrons. The zero-order valence-corrected chi connectivity index (χ0v) is 10.9. The fourth-order valence-corrected chi connectivity index (χ4v) is 4.00. The second-order valence-corrected chi connectivity index (χ2v) is 6.51. The number of nitrogens with zero attached hydrogens (tertiary/aromatic N) is 1. The lowest BCUT2D eigenvalue weighted by Crippen LogP contribution is -2.49. The molecule has 3 atom stereocenters. The zero-order chi connectivity index (χ0) is 12.9. The van der Waals surface area contributed by atoms with E-state index in [2.05, 4.69) is 0 Å². The van der Waals surface area contributed by atoms with Crippen molar-refractivity contribution in [3.05, 3.63) is 0 Å². The van der Waals surface area contributed by atoms with Gasteiger partial charge in [-0.1, -0.05) is 6.42 Å². The van der Waals surface area contributed by atoms with Crippen molar-refractivity contribution in [1.29, 1.82) is 0 Å². The maximum Gasteiger partial charge on any atom is 0.311 e. The summed E-state index contributed by atoms with van der Waals surface area (Å²) < 4.78 is 0. The molecule has 0 radical (unpaired) electrons. The van der Waals surface area contributed by atoms with E-state index in [1.165, 1.54) is 19.3 Å². The standard InChI is InChI=1S/C14H21NO3/c1-14(13(17)18)6-3-7-15(8-14)12(16)11-9-4-2-5-10(9)11/h9-11H,2-8H2,1H3,(H,17,18). The van der Waals surface area contributed by atoms with E-state index in [9.17, 15) is 14.7 Å². The van der Waals surface area contributed by atoms with Gasteiger partial charge in [-0.15, -0.1) is 0 Å². The van der Waals surface area contributed by atoms with Gasteiger partial charge < -0.3 is 10.0 Å². The third kappa shape index (κ3) is 1.73. The number of aliphatic carboxylic acids is 1. The lowest BCUT2D eigenvalue weighted by atomic mass is 9.82. The Morgan fingerprint density at radius 3 is 2.50 bits per heavy atom. The van der Waals surface area contributed by atoms with Crippen molar-refractivity contribution < 1.29 is 14.7 Å². The normalized spacial score (nSPS) is 42.5. The predicted octanol–water partition coefficient (Wildman–Crippen LogP) is 1.75. The van der Waals surface area contributed by atoms with Gasteiger partial charge in [0.1, 0.15) is 0 Å². The van der Waals surface area contributed by atoms with Gasteiger partial charge in [-0.05, 0) is 44.4 Å². The number of hydrogen-bond donors (Lipinski definition) is 1. The molecule has 3 fully saturated rings. The summed E-state index contributed by atoms with van der Waals surface area (Å²) in [4.78, 5) is 25.5. The van der Waals surface area contributed by atoms with Crippen LogP contribution in [0.3, 0.4) is 0 Å². The summed E-state index contributed by atoms with van der Waals surface area (Å²) in [6.45, 7) is 2.91. The number of hydrogen-bond acceptors (Lipinski definition) is 2. The minimum absolute atomic E-state index is 0.231. The average molecular weight is 251 g/mol. The van der Waals surface area contributed by atoms with Crippen molar-refractivity contribution in [3.8, 4) is 0 Å². The van der Waals surface area contributed by atoms with Gasteiger partial charge in [-0.3, -0.25) is 9.59 Å². The molecule has 2 saturated carbocycles. The number of carboxylic acids is 1. The summed E-state index contributed by atoms with van der Waals surface area (Å²) in [5.41, 5.74) is -0.738. The maximum atomic E-state index is 12.4. The Bertz CT molecular complexity index is 385. The molecule has 1 N–H and O–H groups in total. The van der Waals surface area contributed by atoms with Crippen LogP contribution in [-0.4, -0.2) is 35.0 Å². The van der Waals surface area contributed by atoms with Crippen LogP contribution in [0.4, 0.5) is 0 Å². The molecule has 0 spiro atoms. The van der Waals surface area contributed by atoms with Crippen LogP contribution in [0.5, 0.6) is 0 Å². The number of carboxylic acid groups (broad SMARTS) is 1. The molecule has 0 aromatic heterocycles. The molecule has 4 nitrogen and oxygen atoms in total. The highest BCUT2D eigenvalue weighted by Gasteiger charge is 2.58. The molecular weight excluding hydrogens is 230 g/mol. The summed E-state index contributed by atoms with van der Waals surface area (Å²) >= 11 is 0. The van der Waals surface area contributed by atoms with E-state index >= 15 is 0 Å². The summed E-state index contributed by atoms with van der Waals surface area (Å²) in [6.07, 6.45) is 5.17. The van der Waals surface area contributed by atoms with Crippen molar-refractivity contribution >= 4 is 11.9 Å². The fourth-order valence-electron chi connectivity index (χ4n) is 4.00. The average Bonchev–Trinajstić information content (AvgIpc) is 2.81. The number of piperidine rings is 1. The zero-order valence-electron chi connectivity index (χ0n) is 10.9. The molecule has 1 saturated heterocycles. The largest absolute Gasteiger partial charge is 0.481 e. The van der Waals surface area contributed by atoms with E-state index in [1.807, 2.05) is 4.90 Å². The highest BCUT2D eigenvalue weighted by atomic mass is 16.4. The number of fused-ring (bicyclic) bond motifs is 1. The molecular formula is C14H21NO3. The first-order chi connectivity index (χ1) is 8.53. The number of amides is 1. The Morgan fingerprint density at radius 1 is 1.22 bits per heavy atom. The van der Waals surface area contributed by atoms with Crippen molar-refractivity contribution in [3.63, 3.8) is 0 Å². The van der Waals surface area contributed by atoms with Gasteiger partial charge in [0.2, 0.25) is 5.91 Å². The Balaban J connectivity index is 1.66. The highest BCUT2D eigenvalue weighted by molar-refractivity contribution is 5.84. The van der Waals surface area contributed by atoms with Gasteiger partial charge in [0.25, 0.3) is 0 Å². The SMILES string of the molecule is CC1(C(=O)O)CCCN(C(=O)C2C3CCCC32)C1. The maximum absolute atomic E-state index is 12.4. The number of carbonyl (C=O) groups excluding carboxylic acids is 1. The van der Waals surface area contributed by atoms with Crippen molar-refractivity contribution in [2.75, 3.05) is 13.1 Å². The van der Waals surface area contributed by atoms with Crippen LogP contribution in [-0.2, 0) is 9.59 Å².